The summed E-state index contributed by atoms with van der Waals surface area (Å²) in [5.74, 6) is -1.51. The molecule has 3 rings (SSSR count). The quantitative estimate of drug-likeness (QED) is 0.724. The number of likely N-dealkylation sites (tertiary alicyclic amines) is 2. The largest absolute Gasteiger partial charge is 0.497 e. The van der Waals surface area contributed by atoms with Crippen molar-refractivity contribution in [3.8, 4) is 5.75 Å². The minimum Gasteiger partial charge on any atom is -0.497 e. The second-order valence-corrected chi connectivity index (χ2v) is 7.74. The normalized spacial score (nSPS) is 18.6. The molecule has 0 bridgehead atoms. The summed E-state index contributed by atoms with van der Waals surface area (Å²) >= 11 is 0. The molecule has 0 aliphatic carbocycles. The van der Waals surface area contributed by atoms with Gasteiger partial charge in [-0.2, -0.15) is 13.2 Å². The number of benzene rings is 1. The molecule has 0 saturated carbocycles. The van der Waals surface area contributed by atoms with Gasteiger partial charge in [0, 0.05) is 26.7 Å². The molecule has 2 heterocycles. The number of ether oxygens (including phenoxy) is 2. The Balaban J connectivity index is 0.000000423. The smallest absolute Gasteiger partial charge is 0.490 e. The molecule has 1 aromatic carbocycles. The first-order valence-corrected chi connectivity index (χ1v) is 10.0. The van der Waals surface area contributed by atoms with E-state index >= 15 is 0 Å². The summed E-state index contributed by atoms with van der Waals surface area (Å²) in [5.41, 5.74) is 1.19. The van der Waals surface area contributed by atoms with Gasteiger partial charge in [-0.05, 0) is 50.0 Å². The molecule has 1 N–H and O–H groups in total. The lowest BCUT2D eigenvalue weighted by Gasteiger charge is -2.38. The van der Waals surface area contributed by atoms with Gasteiger partial charge >= 0.3 is 12.1 Å². The van der Waals surface area contributed by atoms with Crippen LogP contribution in [0.25, 0.3) is 0 Å². The van der Waals surface area contributed by atoms with Gasteiger partial charge in [-0.25, -0.2) is 4.79 Å². The molecular formula is C21H29F3N2O5. The van der Waals surface area contributed by atoms with Crippen LogP contribution in [0.3, 0.4) is 0 Å². The van der Waals surface area contributed by atoms with Crippen LogP contribution in [0.1, 0.15) is 24.8 Å². The van der Waals surface area contributed by atoms with Gasteiger partial charge in [0.15, 0.2) is 0 Å². The Labute approximate surface area is 179 Å². The number of alkyl halides is 3. The van der Waals surface area contributed by atoms with E-state index in [2.05, 4.69) is 17.0 Å². The number of halogens is 3. The molecule has 31 heavy (non-hydrogen) atoms. The van der Waals surface area contributed by atoms with Crippen LogP contribution >= 0.6 is 0 Å². The first-order valence-electron chi connectivity index (χ1n) is 10.0. The lowest BCUT2D eigenvalue weighted by Crippen LogP contribution is -2.44. The van der Waals surface area contributed by atoms with Crippen LogP contribution < -0.4 is 4.74 Å². The number of carbonyl (C=O) groups excluding carboxylic acids is 1. The highest BCUT2D eigenvalue weighted by Gasteiger charge is 2.47. The van der Waals surface area contributed by atoms with Crippen LogP contribution in [0, 0.1) is 5.41 Å². The monoisotopic (exact) mass is 446 g/mol. The molecule has 10 heteroatoms. The molecule has 7 nitrogen and oxygen atoms in total. The number of hydrogen-bond donors (Lipinski definition) is 1. The summed E-state index contributed by atoms with van der Waals surface area (Å²) in [5, 5.41) is 7.12. The van der Waals surface area contributed by atoms with Gasteiger partial charge in [0.1, 0.15) is 5.75 Å². The van der Waals surface area contributed by atoms with E-state index in [0.717, 1.165) is 57.7 Å². The standard InChI is InChI=1S/C19H28N2O3.C2HF3O2/c1-23-14-13-21-12-9-19(18(21)22)7-10-20(11-8-19)15-16-3-5-17(24-2)6-4-16;3-2(4,5)1(6)7/h3-6H,7-15H2,1-2H3;(H,6,7). The molecule has 2 fully saturated rings. The van der Waals surface area contributed by atoms with Crippen molar-refractivity contribution in [2.45, 2.75) is 32.0 Å². The van der Waals surface area contributed by atoms with E-state index in [0.29, 0.717) is 12.5 Å². The van der Waals surface area contributed by atoms with Crippen molar-refractivity contribution in [2.75, 3.05) is 47.0 Å². The number of carbonyl (C=O) groups is 2. The third-order valence-corrected chi connectivity index (χ3v) is 5.79. The predicted molar refractivity (Wildman–Crippen MR) is 107 cm³/mol. The van der Waals surface area contributed by atoms with E-state index in [1.54, 1.807) is 14.2 Å². The van der Waals surface area contributed by atoms with Crippen LogP contribution in [0.15, 0.2) is 24.3 Å². The SMILES string of the molecule is COCCN1CCC2(CCN(Cc3ccc(OC)cc3)CC2)C1=O.O=C(O)C(F)(F)F. The first-order chi connectivity index (χ1) is 14.6. The number of aliphatic carboxylic acids is 1. The van der Waals surface area contributed by atoms with E-state index < -0.39 is 12.1 Å². The zero-order valence-corrected chi connectivity index (χ0v) is 17.8. The third kappa shape index (κ3) is 6.83. The maximum atomic E-state index is 12.8. The number of carboxylic acid groups (broad SMARTS) is 1. The zero-order chi connectivity index (χ0) is 23.1. The Morgan fingerprint density at radius 1 is 1.10 bits per heavy atom. The minimum absolute atomic E-state index is 0.107. The Morgan fingerprint density at radius 2 is 1.65 bits per heavy atom. The fraction of sp³-hybridized carbons (Fsp3) is 0.619. The average molecular weight is 446 g/mol. The van der Waals surface area contributed by atoms with E-state index in [9.17, 15) is 18.0 Å². The molecule has 1 amide bonds. The molecule has 174 valence electrons. The van der Waals surface area contributed by atoms with Crippen molar-refractivity contribution < 1.29 is 37.3 Å². The molecular weight excluding hydrogens is 417 g/mol. The van der Waals surface area contributed by atoms with Crippen LogP contribution in [0.5, 0.6) is 5.75 Å². The summed E-state index contributed by atoms with van der Waals surface area (Å²) in [6.07, 6.45) is -2.12. The van der Waals surface area contributed by atoms with E-state index in [4.69, 9.17) is 19.4 Å². The van der Waals surface area contributed by atoms with Crippen molar-refractivity contribution in [1.82, 2.24) is 9.80 Å². The maximum absolute atomic E-state index is 12.8. The van der Waals surface area contributed by atoms with Gasteiger partial charge < -0.3 is 19.5 Å². The fourth-order valence-electron chi connectivity index (χ4n) is 3.90. The predicted octanol–water partition coefficient (Wildman–Crippen LogP) is 2.79. The number of rotatable bonds is 6. The van der Waals surface area contributed by atoms with Crippen molar-refractivity contribution in [2.24, 2.45) is 5.41 Å². The van der Waals surface area contributed by atoms with Crippen LogP contribution in [-0.2, 0) is 20.9 Å². The highest BCUT2D eigenvalue weighted by Crippen LogP contribution is 2.41. The Morgan fingerprint density at radius 3 is 2.13 bits per heavy atom. The van der Waals surface area contributed by atoms with E-state index in [1.165, 1.54) is 5.56 Å². The second kappa shape index (κ2) is 10.8. The molecule has 1 spiro atoms. The van der Waals surface area contributed by atoms with Crippen LogP contribution in [-0.4, -0.2) is 80.0 Å². The summed E-state index contributed by atoms with van der Waals surface area (Å²) in [6, 6.07) is 8.26. The number of nitrogens with zero attached hydrogens (tertiary/aromatic N) is 2. The molecule has 1 aromatic rings. The molecule has 2 aliphatic rings. The third-order valence-electron chi connectivity index (χ3n) is 5.79. The molecule has 0 aromatic heterocycles. The maximum Gasteiger partial charge on any atom is 0.490 e. The van der Waals surface area contributed by atoms with Crippen LogP contribution in [0.4, 0.5) is 13.2 Å². The molecule has 0 radical (unpaired) electrons. The highest BCUT2D eigenvalue weighted by molar-refractivity contribution is 5.85. The number of piperidine rings is 1. The van der Waals surface area contributed by atoms with Crippen molar-refractivity contribution in [3.05, 3.63) is 29.8 Å². The zero-order valence-electron chi connectivity index (χ0n) is 17.8. The fourth-order valence-corrected chi connectivity index (χ4v) is 3.90. The Hall–Kier alpha value is -2.33. The number of amides is 1. The molecule has 2 aliphatic heterocycles. The van der Waals surface area contributed by atoms with Crippen molar-refractivity contribution in [3.63, 3.8) is 0 Å². The molecule has 2 saturated heterocycles. The lowest BCUT2D eigenvalue weighted by molar-refractivity contribution is -0.192. The van der Waals surface area contributed by atoms with Crippen molar-refractivity contribution in [1.29, 1.82) is 0 Å². The highest BCUT2D eigenvalue weighted by atomic mass is 19.4. The molecule has 0 atom stereocenters. The Bertz CT molecular complexity index is 732. The van der Waals surface area contributed by atoms with Gasteiger partial charge in [-0.15, -0.1) is 0 Å². The van der Waals surface area contributed by atoms with Gasteiger partial charge in [-0.3, -0.25) is 9.69 Å². The van der Waals surface area contributed by atoms with Gasteiger partial charge in [0.25, 0.3) is 0 Å². The lowest BCUT2D eigenvalue weighted by atomic mass is 9.77. The second-order valence-electron chi connectivity index (χ2n) is 7.74. The van der Waals surface area contributed by atoms with E-state index in [1.807, 2.05) is 17.0 Å². The molecule has 0 unspecified atom stereocenters. The topological polar surface area (TPSA) is 79.3 Å². The number of methoxy groups -OCH3 is 2. The van der Waals surface area contributed by atoms with Gasteiger partial charge in [0.05, 0.1) is 19.1 Å². The first kappa shape index (κ1) is 24.9. The summed E-state index contributed by atoms with van der Waals surface area (Å²) < 4.78 is 42.1. The van der Waals surface area contributed by atoms with Crippen LogP contribution in [0.2, 0.25) is 0 Å². The summed E-state index contributed by atoms with van der Waals surface area (Å²) in [6.45, 7) is 5.19. The van der Waals surface area contributed by atoms with E-state index in [-0.39, 0.29) is 5.41 Å². The van der Waals surface area contributed by atoms with Gasteiger partial charge in [0.2, 0.25) is 5.91 Å². The average Bonchev–Trinajstić information content (AvgIpc) is 3.04. The number of hydrogen-bond acceptors (Lipinski definition) is 5. The minimum atomic E-state index is -5.08. The summed E-state index contributed by atoms with van der Waals surface area (Å²) in [4.78, 5) is 26.1. The number of carboxylic acids is 1. The van der Waals surface area contributed by atoms with Crippen molar-refractivity contribution >= 4 is 11.9 Å². The van der Waals surface area contributed by atoms with Gasteiger partial charge in [-0.1, -0.05) is 12.1 Å². The Kier molecular flexibility index (Phi) is 8.69. The summed E-state index contributed by atoms with van der Waals surface area (Å²) in [7, 11) is 3.38.